The Hall–Kier alpha value is -0.703. The Morgan fingerprint density at radius 2 is 1.47 bits per heavy atom. The van der Waals surface area contributed by atoms with Gasteiger partial charge in [-0.3, -0.25) is 0 Å². The van der Waals surface area contributed by atoms with Crippen LogP contribution in [0.5, 0.6) is 0 Å². The number of hydrogen-bond donors (Lipinski definition) is 0. The SMILES string of the molecule is C[Si](C)(C)c1c(F)cc(C2CCCC2)cc1F. The van der Waals surface area contributed by atoms with Crippen molar-refractivity contribution < 1.29 is 8.78 Å². The van der Waals surface area contributed by atoms with Gasteiger partial charge >= 0.3 is 0 Å². The first-order chi connectivity index (χ1) is 7.89. The minimum atomic E-state index is -1.93. The molecule has 2 rings (SSSR count). The summed E-state index contributed by atoms with van der Waals surface area (Å²) >= 11 is 0. The van der Waals surface area contributed by atoms with Gasteiger partial charge in [0.05, 0.1) is 8.07 Å². The predicted octanol–water partition coefficient (Wildman–Crippen LogP) is 4.17. The second-order valence-corrected chi connectivity index (χ2v) is 11.1. The summed E-state index contributed by atoms with van der Waals surface area (Å²) < 4.78 is 28.1. The molecular formula is C14H20F2Si. The zero-order valence-corrected chi connectivity index (χ0v) is 11.8. The second kappa shape index (κ2) is 4.52. The summed E-state index contributed by atoms with van der Waals surface area (Å²) in [6.45, 7) is 5.93. The molecule has 0 aliphatic heterocycles. The van der Waals surface area contributed by atoms with Crippen molar-refractivity contribution in [1.29, 1.82) is 0 Å². The molecule has 0 heterocycles. The van der Waals surface area contributed by atoms with Crippen LogP contribution in [0.3, 0.4) is 0 Å². The topological polar surface area (TPSA) is 0 Å². The standard InChI is InChI=1S/C14H20F2Si/c1-17(2,3)14-12(15)8-11(9-13(14)16)10-6-4-5-7-10/h8-10H,4-7H2,1-3H3. The molecule has 0 N–H and O–H groups in total. The Kier molecular flexibility index (Phi) is 3.39. The normalized spacial score (nSPS) is 17.7. The van der Waals surface area contributed by atoms with E-state index < -0.39 is 8.07 Å². The molecular weight excluding hydrogens is 234 g/mol. The third kappa shape index (κ3) is 2.59. The van der Waals surface area contributed by atoms with Crippen molar-refractivity contribution in [3.05, 3.63) is 29.3 Å². The molecule has 0 unspecified atom stereocenters. The highest BCUT2D eigenvalue weighted by Crippen LogP contribution is 2.34. The molecule has 0 atom stereocenters. The lowest BCUT2D eigenvalue weighted by atomic mass is 9.97. The van der Waals surface area contributed by atoms with Crippen molar-refractivity contribution in [2.75, 3.05) is 0 Å². The van der Waals surface area contributed by atoms with E-state index in [1.165, 1.54) is 12.8 Å². The summed E-state index contributed by atoms with van der Waals surface area (Å²) in [5.74, 6) is -0.285. The maximum Gasteiger partial charge on any atom is 0.125 e. The Bertz CT molecular complexity index is 392. The molecule has 0 aromatic heterocycles. The lowest BCUT2D eigenvalue weighted by Gasteiger charge is -2.20. The average Bonchev–Trinajstić information content (AvgIpc) is 2.66. The molecule has 17 heavy (non-hydrogen) atoms. The van der Waals surface area contributed by atoms with Gasteiger partial charge in [0.1, 0.15) is 11.6 Å². The zero-order valence-electron chi connectivity index (χ0n) is 10.8. The summed E-state index contributed by atoms with van der Waals surface area (Å²) in [5, 5.41) is 0.347. The maximum absolute atomic E-state index is 14.1. The maximum atomic E-state index is 14.1. The molecule has 1 aromatic rings. The molecule has 1 aliphatic carbocycles. The van der Waals surface area contributed by atoms with Gasteiger partial charge < -0.3 is 0 Å². The van der Waals surface area contributed by atoms with Gasteiger partial charge in [-0.2, -0.15) is 0 Å². The molecule has 0 nitrogen and oxygen atoms in total. The molecule has 1 saturated carbocycles. The van der Waals surface area contributed by atoms with Crippen molar-refractivity contribution in [3.8, 4) is 0 Å². The van der Waals surface area contributed by atoms with Gasteiger partial charge in [-0.15, -0.1) is 0 Å². The number of rotatable bonds is 2. The van der Waals surface area contributed by atoms with E-state index in [0.29, 0.717) is 11.1 Å². The highest BCUT2D eigenvalue weighted by molar-refractivity contribution is 6.88. The number of benzene rings is 1. The van der Waals surface area contributed by atoms with E-state index in [1.54, 1.807) is 12.1 Å². The highest BCUT2D eigenvalue weighted by atomic mass is 28.3. The summed E-state index contributed by atoms with van der Waals surface area (Å²) in [6, 6.07) is 3.15. The van der Waals surface area contributed by atoms with E-state index in [9.17, 15) is 8.78 Å². The van der Waals surface area contributed by atoms with Crippen LogP contribution in [-0.4, -0.2) is 8.07 Å². The van der Waals surface area contributed by atoms with Crippen LogP contribution in [0.4, 0.5) is 8.78 Å². The van der Waals surface area contributed by atoms with Crippen LogP contribution >= 0.6 is 0 Å². The summed E-state index contributed by atoms with van der Waals surface area (Å²) in [6.07, 6.45) is 4.52. The fourth-order valence-corrected chi connectivity index (χ4v) is 4.38. The fraction of sp³-hybridized carbons (Fsp3) is 0.571. The molecule has 0 bridgehead atoms. The third-order valence-corrected chi connectivity index (χ3v) is 5.62. The van der Waals surface area contributed by atoms with Gasteiger partial charge in [0.15, 0.2) is 0 Å². The van der Waals surface area contributed by atoms with Crippen LogP contribution < -0.4 is 5.19 Å². The third-order valence-electron chi connectivity index (χ3n) is 3.64. The Morgan fingerprint density at radius 3 is 1.88 bits per heavy atom. The monoisotopic (exact) mass is 254 g/mol. The van der Waals surface area contributed by atoms with Crippen molar-refractivity contribution in [2.24, 2.45) is 0 Å². The Labute approximate surface area is 103 Å². The largest absolute Gasteiger partial charge is 0.207 e. The molecule has 1 aromatic carbocycles. The molecule has 3 heteroatoms. The highest BCUT2D eigenvalue weighted by Gasteiger charge is 2.27. The van der Waals surface area contributed by atoms with Crippen molar-refractivity contribution in [1.82, 2.24) is 0 Å². The lowest BCUT2D eigenvalue weighted by molar-refractivity contribution is 0.585. The second-order valence-electron chi connectivity index (χ2n) is 6.09. The van der Waals surface area contributed by atoms with E-state index in [1.807, 2.05) is 19.6 Å². The quantitative estimate of drug-likeness (QED) is 0.695. The number of hydrogen-bond acceptors (Lipinski definition) is 0. The molecule has 0 saturated heterocycles. The molecule has 94 valence electrons. The van der Waals surface area contributed by atoms with Gasteiger partial charge in [0, 0.05) is 5.19 Å². The first kappa shape index (κ1) is 12.7. The van der Waals surface area contributed by atoms with E-state index in [0.717, 1.165) is 18.4 Å². The summed E-state index contributed by atoms with van der Waals surface area (Å²) in [5.41, 5.74) is 0.861. The average molecular weight is 254 g/mol. The zero-order chi connectivity index (χ0) is 12.6. The van der Waals surface area contributed by atoms with Gasteiger partial charge in [-0.25, -0.2) is 8.78 Å². The number of halogens is 2. The van der Waals surface area contributed by atoms with E-state index in [4.69, 9.17) is 0 Å². The van der Waals surface area contributed by atoms with Crippen LogP contribution in [-0.2, 0) is 0 Å². The molecule has 0 radical (unpaired) electrons. The van der Waals surface area contributed by atoms with Crippen LogP contribution in [0.15, 0.2) is 12.1 Å². The van der Waals surface area contributed by atoms with Gasteiger partial charge in [-0.05, 0) is 36.5 Å². The van der Waals surface area contributed by atoms with Crippen LogP contribution in [0.1, 0.15) is 37.2 Å². The predicted molar refractivity (Wildman–Crippen MR) is 70.5 cm³/mol. The fourth-order valence-electron chi connectivity index (χ4n) is 2.80. The minimum absolute atomic E-state index is 0.328. The van der Waals surface area contributed by atoms with Crippen molar-refractivity contribution >= 4 is 13.3 Å². The van der Waals surface area contributed by atoms with Crippen LogP contribution in [0.25, 0.3) is 0 Å². The van der Waals surface area contributed by atoms with Gasteiger partial charge in [-0.1, -0.05) is 32.5 Å². The Morgan fingerprint density at radius 1 is 1.00 bits per heavy atom. The van der Waals surface area contributed by atoms with E-state index >= 15 is 0 Å². The van der Waals surface area contributed by atoms with Crippen molar-refractivity contribution in [2.45, 2.75) is 51.2 Å². The molecule has 1 aliphatic rings. The van der Waals surface area contributed by atoms with Crippen LogP contribution in [0, 0.1) is 11.6 Å². The minimum Gasteiger partial charge on any atom is -0.207 e. The molecule has 1 fully saturated rings. The van der Waals surface area contributed by atoms with Gasteiger partial charge in [0.2, 0.25) is 0 Å². The van der Waals surface area contributed by atoms with E-state index in [-0.39, 0.29) is 11.6 Å². The Balaban J connectivity index is 2.41. The van der Waals surface area contributed by atoms with Crippen LogP contribution in [0.2, 0.25) is 19.6 Å². The molecule has 0 amide bonds. The first-order valence-corrected chi connectivity index (χ1v) is 9.89. The first-order valence-electron chi connectivity index (χ1n) is 6.39. The summed E-state index contributed by atoms with van der Waals surface area (Å²) in [7, 11) is -1.93. The summed E-state index contributed by atoms with van der Waals surface area (Å²) in [4.78, 5) is 0. The van der Waals surface area contributed by atoms with E-state index in [2.05, 4.69) is 0 Å². The van der Waals surface area contributed by atoms with Crippen molar-refractivity contribution in [3.63, 3.8) is 0 Å². The molecule has 0 spiro atoms. The lowest BCUT2D eigenvalue weighted by Crippen LogP contribution is -2.42. The smallest absolute Gasteiger partial charge is 0.125 e. The van der Waals surface area contributed by atoms with Gasteiger partial charge in [0.25, 0.3) is 0 Å².